The lowest BCUT2D eigenvalue weighted by atomic mass is 9.87. The molecule has 1 fully saturated rings. The minimum Gasteiger partial charge on any atom is -0.352 e. The van der Waals surface area contributed by atoms with Gasteiger partial charge in [0.25, 0.3) is 0 Å². The molecule has 0 radical (unpaired) electrons. The van der Waals surface area contributed by atoms with Crippen molar-refractivity contribution >= 4 is 39.1 Å². The van der Waals surface area contributed by atoms with Crippen LogP contribution in [0.5, 0.6) is 0 Å². The molecule has 0 saturated heterocycles. The maximum absolute atomic E-state index is 14.3. The fraction of sp³-hybridized carbons (Fsp3) is 0.429. The minimum atomic E-state index is -3.84. The van der Waals surface area contributed by atoms with Gasteiger partial charge in [-0.1, -0.05) is 106 Å². The Kier molecular flexibility index (Phi) is 11.1. The quantitative estimate of drug-likeness (QED) is 0.260. The van der Waals surface area contributed by atoms with Crippen LogP contribution < -0.4 is 9.62 Å². The number of amides is 2. The molecule has 1 N–H and O–H groups in total. The molecule has 0 aliphatic heterocycles. The summed E-state index contributed by atoms with van der Waals surface area (Å²) in [5.41, 5.74) is 2.97. The summed E-state index contributed by atoms with van der Waals surface area (Å²) in [6.45, 7) is 5.89. The molecule has 1 unspecified atom stereocenters. The molecule has 0 aromatic heterocycles. The lowest BCUT2D eigenvalue weighted by Gasteiger charge is -2.35. The summed E-state index contributed by atoms with van der Waals surface area (Å²) in [7, 11) is -3.84. The van der Waals surface area contributed by atoms with Crippen LogP contribution in [0, 0.1) is 0 Å². The number of carbonyl (C=O) groups excluding carboxylic acids is 2. The molecule has 1 aliphatic rings. The second kappa shape index (κ2) is 14.6. The van der Waals surface area contributed by atoms with Gasteiger partial charge in [0, 0.05) is 24.0 Å². The Morgan fingerprint density at radius 3 is 2.14 bits per heavy atom. The normalized spacial score (nSPS) is 14.9. The van der Waals surface area contributed by atoms with E-state index in [2.05, 4.69) is 26.1 Å². The molecule has 9 heteroatoms. The Morgan fingerprint density at radius 2 is 1.55 bits per heavy atom. The van der Waals surface area contributed by atoms with Crippen LogP contribution >= 0.6 is 11.6 Å². The average molecular weight is 638 g/mol. The fourth-order valence-electron chi connectivity index (χ4n) is 5.67. The number of sulfonamides is 1. The molecule has 1 aliphatic carbocycles. The van der Waals surface area contributed by atoms with Crippen LogP contribution in [0.2, 0.25) is 5.02 Å². The highest BCUT2D eigenvalue weighted by atomic mass is 35.5. The molecule has 4 rings (SSSR count). The molecule has 44 heavy (non-hydrogen) atoms. The molecule has 7 nitrogen and oxygen atoms in total. The van der Waals surface area contributed by atoms with Crippen LogP contribution in [0.4, 0.5) is 5.69 Å². The van der Waals surface area contributed by atoms with Crippen LogP contribution in [0.15, 0.2) is 78.9 Å². The first-order chi connectivity index (χ1) is 20.8. The van der Waals surface area contributed by atoms with E-state index in [1.165, 1.54) is 4.90 Å². The molecular weight excluding hydrogens is 594 g/mol. The van der Waals surface area contributed by atoms with E-state index in [4.69, 9.17) is 11.6 Å². The molecule has 236 valence electrons. The largest absolute Gasteiger partial charge is 0.352 e. The van der Waals surface area contributed by atoms with Gasteiger partial charge in [-0.15, -0.1) is 0 Å². The Morgan fingerprint density at radius 1 is 0.909 bits per heavy atom. The topological polar surface area (TPSA) is 86.8 Å². The van der Waals surface area contributed by atoms with E-state index < -0.39 is 28.5 Å². The summed E-state index contributed by atoms with van der Waals surface area (Å²) < 4.78 is 27.3. The van der Waals surface area contributed by atoms with E-state index in [0.717, 1.165) is 59.4 Å². The third kappa shape index (κ3) is 9.32. The number of carbonyl (C=O) groups is 2. The van der Waals surface area contributed by atoms with E-state index in [-0.39, 0.29) is 30.3 Å². The summed E-state index contributed by atoms with van der Waals surface area (Å²) in [5.74, 6) is -0.716. The maximum atomic E-state index is 14.3. The number of nitrogens with zero attached hydrogens (tertiary/aromatic N) is 2. The van der Waals surface area contributed by atoms with Crippen molar-refractivity contribution in [2.75, 3.05) is 17.1 Å². The van der Waals surface area contributed by atoms with Gasteiger partial charge in [0.1, 0.15) is 12.6 Å². The van der Waals surface area contributed by atoms with Crippen molar-refractivity contribution in [1.82, 2.24) is 10.2 Å². The van der Waals surface area contributed by atoms with E-state index >= 15 is 0 Å². The maximum Gasteiger partial charge on any atom is 0.244 e. The van der Waals surface area contributed by atoms with Crippen molar-refractivity contribution < 1.29 is 18.0 Å². The van der Waals surface area contributed by atoms with Gasteiger partial charge >= 0.3 is 0 Å². The van der Waals surface area contributed by atoms with E-state index in [1.807, 2.05) is 48.5 Å². The van der Waals surface area contributed by atoms with Gasteiger partial charge in [-0.25, -0.2) is 8.42 Å². The monoisotopic (exact) mass is 637 g/mol. The van der Waals surface area contributed by atoms with Crippen molar-refractivity contribution in [1.29, 1.82) is 0 Å². The number of benzene rings is 3. The molecule has 1 saturated carbocycles. The molecule has 1 atom stereocenters. The highest BCUT2D eigenvalue weighted by molar-refractivity contribution is 7.92. The minimum absolute atomic E-state index is 0.0477. The van der Waals surface area contributed by atoms with Crippen LogP contribution in [0.25, 0.3) is 0 Å². The third-order valence-electron chi connectivity index (χ3n) is 8.17. The fourth-order valence-corrected chi connectivity index (χ4v) is 6.73. The summed E-state index contributed by atoms with van der Waals surface area (Å²) in [4.78, 5) is 29.9. The first-order valence-electron chi connectivity index (χ1n) is 15.3. The van der Waals surface area contributed by atoms with E-state index in [0.29, 0.717) is 10.7 Å². The third-order valence-corrected chi connectivity index (χ3v) is 9.54. The number of nitrogens with one attached hydrogen (secondary N) is 1. The average Bonchev–Trinajstić information content (AvgIpc) is 2.97. The number of hydrogen-bond donors (Lipinski definition) is 1. The van der Waals surface area contributed by atoms with Gasteiger partial charge in [-0.3, -0.25) is 13.9 Å². The zero-order chi connectivity index (χ0) is 31.9. The van der Waals surface area contributed by atoms with Crippen LogP contribution in [-0.2, 0) is 38.0 Å². The summed E-state index contributed by atoms with van der Waals surface area (Å²) in [6.07, 6.45) is 6.43. The van der Waals surface area contributed by atoms with Gasteiger partial charge in [-0.2, -0.15) is 0 Å². The summed E-state index contributed by atoms with van der Waals surface area (Å²) in [6, 6.07) is 23.2. The van der Waals surface area contributed by atoms with E-state index in [9.17, 15) is 18.0 Å². The predicted octanol–water partition coefficient (Wildman–Crippen LogP) is 6.49. The van der Waals surface area contributed by atoms with Crippen LogP contribution in [0.3, 0.4) is 0 Å². The SMILES string of the molecule is CC(C)(C)c1ccc(N(CC(=O)N(Cc2cccc(Cl)c2)C(Cc2ccccc2)C(=O)NC2CCCCC2)S(C)(=O)=O)cc1. The Labute approximate surface area is 267 Å². The standard InChI is InChI=1S/C35H44ClN3O4S/c1-35(2,3)28-18-20-31(21-19-28)39(44(4,42)43)25-33(40)38(24-27-14-11-15-29(36)22-27)32(23-26-12-7-5-8-13-26)34(41)37-30-16-9-6-10-17-30/h5,7-8,11-15,18-22,30,32H,6,9-10,16-17,23-25H2,1-4H3,(H,37,41). The summed E-state index contributed by atoms with van der Waals surface area (Å²) in [5, 5.41) is 3.73. The van der Waals surface area contributed by atoms with Crippen molar-refractivity contribution in [3.63, 3.8) is 0 Å². The van der Waals surface area contributed by atoms with Crippen molar-refractivity contribution in [3.05, 3.63) is 101 Å². The van der Waals surface area contributed by atoms with Crippen molar-refractivity contribution in [2.45, 2.75) is 83.3 Å². The number of anilines is 1. The van der Waals surface area contributed by atoms with E-state index in [1.54, 1.807) is 30.3 Å². The van der Waals surface area contributed by atoms with Crippen molar-refractivity contribution in [3.8, 4) is 0 Å². The number of halogens is 1. The Balaban J connectivity index is 1.72. The second-order valence-corrected chi connectivity index (χ2v) is 15.1. The van der Waals surface area contributed by atoms with Gasteiger partial charge in [-0.05, 0) is 59.2 Å². The first kappa shape index (κ1) is 33.5. The van der Waals surface area contributed by atoms with Crippen LogP contribution in [0.1, 0.15) is 69.6 Å². The molecule has 3 aromatic carbocycles. The van der Waals surface area contributed by atoms with Gasteiger partial charge < -0.3 is 10.2 Å². The first-order valence-corrected chi connectivity index (χ1v) is 17.5. The highest BCUT2D eigenvalue weighted by Gasteiger charge is 2.34. The van der Waals surface area contributed by atoms with Gasteiger partial charge in [0.2, 0.25) is 21.8 Å². The molecule has 3 aromatic rings. The molecule has 0 spiro atoms. The molecule has 0 bridgehead atoms. The van der Waals surface area contributed by atoms with Crippen molar-refractivity contribution in [2.24, 2.45) is 0 Å². The zero-order valence-electron chi connectivity index (χ0n) is 26.1. The lowest BCUT2D eigenvalue weighted by molar-refractivity contribution is -0.140. The number of hydrogen-bond acceptors (Lipinski definition) is 4. The molecular formula is C35H44ClN3O4S. The highest BCUT2D eigenvalue weighted by Crippen LogP contribution is 2.27. The van der Waals surface area contributed by atoms with Crippen LogP contribution in [-0.4, -0.2) is 50.0 Å². The smallest absolute Gasteiger partial charge is 0.244 e. The summed E-state index contributed by atoms with van der Waals surface area (Å²) >= 11 is 6.31. The number of rotatable bonds is 11. The molecule has 0 heterocycles. The Bertz CT molecular complexity index is 1520. The lowest BCUT2D eigenvalue weighted by Crippen LogP contribution is -2.55. The predicted molar refractivity (Wildman–Crippen MR) is 178 cm³/mol. The Hall–Kier alpha value is -3.36. The second-order valence-electron chi connectivity index (χ2n) is 12.8. The van der Waals surface area contributed by atoms with Gasteiger partial charge in [0.15, 0.2) is 0 Å². The van der Waals surface area contributed by atoms with Gasteiger partial charge in [0.05, 0.1) is 11.9 Å². The molecule has 2 amide bonds. The zero-order valence-corrected chi connectivity index (χ0v) is 27.7.